The summed E-state index contributed by atoms with van der Waals surface area (Å²) in [6, 6.07) is 0. The molecule has 1 atom stereocenters. The summed E-state index contributed by atoms with van der Waals surface area (Å²) in [7, 11) is 0. The maximum absolute atomic E-state index is 5.63. The molecule has 0 bridgehead atoms. The van der Waals surface area contributed by atoms with Crippen LogP contribution in [0.15, 0.2) is 10.8 Å². The molecule has 2 heterocycles. The first-order valence-electron chi connectivity index (χ1n) is 5.60. The second kappa shape index (κ2) is 5.61. The topological polar surface area (TPSA) is 76.3 Å². The Kier molecular flexibility index (Phi) is 4.14. The number of hydrogen-bond acceptors (Lipinski definition) is 6. The third kappa shape index (κ3) is 2.67. The van der Waals surface area contributed by atoms with Crippen molar-refractivity contribution in [3.8, 4) is 0 Å². The minimum atomic E-state index is 0.264. The smallest absolute Gasteiger partial charge is 0.159 e. The molecule has 3 N–H and O–H groups in total. The SMILES string of the molecule is CCC1CN(c2ncnc(NN)c2Br)CCO1. The van der Waals surface area contributed by atoms with Crippen molar-refractivity contribution in [2.24, 2.45) is 5.84 Å². The van der Waals surface area contributed by atoms with Gasteiger partial charge in [-0.25, -0.2) is 15.8 Å². The minimum Gasteiger partial charge on any atom is -0.375 e. The number of halogens is 1. The number of nitrogens with one attached hydrogen (secondary N) is 1. The molecule has 7 heteroatoms. The third-order valence-corrected chi connectivity index (χ3v) is 3.53. The van der Waals surface area contributed by atoms with E-state index in [1.165, 1.54) is 6.33 Å². The number of rotatable bonds is 3. The van der Waals surface area contributed by atoms with Gasteiger partial charge in [0.05, 0.1) is 12.7 Å². The largest absolute Gasteiger partial charge is 0.375 e. The van der Waals surface area contributed by atoms with Crippen molar-refractivity contribution < 1.29 is 4.74 Å². The fraction of sp³-hybridized carbons (Fsp3) is 0.600. The first kappa shape index (κ1) is 12.5. The quantitative estimate of drug-likeness (QED) is 0.644. The summed E-state index contributed by atoms with van der Waals surface area (Å²) in [5.41, 5.74) is 2.54. The van der Waals surface area contributed by atoms with E-state index in [4.69, 9.17) is 10.6 Å². The van der Waals surface area contributed by atoms with Gasteiger partial charge in [0, 0.05) is 13.1 Å². The van der Waals surface area contributed by atoms with E-state index in [-0.39, 0.29) is 6.10 Å². The van der Waals surface area contributed by atoms with Crippen LogP contribution in [0, 0.1) is 0 Å². The number of ether oxygens (including phenoxy) is 1. The maximum Gasteiger partial charge on any atom is 0.159 e. The summed E-state index contributed by atoms with van der Waals surface area (Å²) in [5, 5.41) is 0. The van der Waals surface area contributed by atoms with Crippen molar-refractivity contribution in [2.45, 2.75) is 19.4 Å². The Balaban J connectivity index is 2.21. The molecule has 1 aromatic rings. The van der Waals surface area contributed by atoms with E-state index in [1.807, 2.05) is 0 Å². The highest BCUT2D eigenvalue weighted by Crippen LogP contribution is 2.30. The lowest BCUT2D eigenvalue weighted by atomic mass is 10.2. The lowest BCUT2D eigenvalue weighted by Gasteiger charge is -2.33. The Morgan fingerprint density at radius 2 is 2.47 bits per heavy atom. The monoisotopic (exact) mass is 301 g/mol. The number of aromatic nitrogens is 2. The van der Waals surface area contributed by atoms with Gasteiger partial charge in [-0.05, 0) is 22.4 Å². The van der Waals surface area contributed by atoms with Crippen LogP contribution in [0.25, 0.3) is 0 Å². The summed E-state index contributed by atoms with van der Waals surface area (Å²) in [6.45, 7) is 4.52. The molecule has 0 radical (unpaired) electrons. The molecule has 1 saturated heterocycles. The van der Waals surface area contributed by atoms with Crippen LogP contribution in [-0.4, -0.2) is 35.8 Å². The lowest BCUT2D eigenvalue weighted by Crippen LogP contribution is -2.42. The Hall–Kier alpha value is -0.920. The number of morpholine rings is 1. The molecule has 0 spiro atoms. The third-order valence-electron chi connectivity index (χ3n) is 2.80. The summed E-state index contributed by atoms with van der Waals surface area (Å²) in [6.07, 6.45) is 2.77. The van der Waals surface area contributed by atoms with E-state index in [9.17, 15) is 0 Å². The average Bonchev–Trinajstić information content (AvgIpc) is 2.39. The highest BCUT2D eigenvalue weighted by Gasteiger charge is 2.22. The average molecular weight is 302 g/mol. The van der Waals surface area contributed by atoms with Crippen LogP contribution in [0.2, 0.25) is 0 Å². The molecule has 6 nitrogen and oxygen atoms in total. The van der Waals surface area contributed by atoms with Gasteiger partial charge in [-0.3, -0.25) is 0 Å². The zero-order valence-electron chi connectivity index (χ0n) is 9.69. The summed E-state index contributed by atoms with van der Waals surface area (Å²) < 4.78 is 6.43. The molecule has 0 aromatic carbocycles. The first-order valence-corrected chi connectivity index (χ1v) is 6.39. The van der Waals surface area contributed by atoms with E-state index < -0.39 is 0 Å². The summed E-state index contributed by atoms with van der Waals surface area (Å²) in [5.74, 6) is 6.84. The Bertz CT molecular complexity index is 389. The fourth-order valence-electron chi connectivity index (χ4n) is 1.84. The minimum absolute atomic E-state index is 0.264. The summed E-state index contributed by atoms with van der Waals surface area (Å²) >= 11 is 3.47. The van der Waals surface area contributed by atoms with Crippen LogP contribution in [0.5, 0.6) is 0 Å². The maximum atomic E-state index is 5.63. The van der Waals surface area contributed by atoms with Gasteiger partial charge < -0.3 is 15.1 Å². The molecular formula is C10H16BrN5O. The highest BCUT2D eigenvalue weighted by atomic mass is 79.9. The van der Waals surface area contributed by atoms with Crippen molar-refractivity contribution in [1.82, 2.24) is 9.97 Å². The van der Waals surface area contributed by atoms with Crippen molar-refractivity contribution in [3.63, 3.8) is 0 Å². The molecule has 1 unspecified atom stereocenters. The molecule has 1 fully saturated rings. The van der Waals surface area contributed by atoms with Gasteiger partial charge in [0.15, 0.2) is 5.82 Å². The molecule has 94 valence electrons. The first-order chi connectivity index (χ1) is 8.26. The van der Waals surface area contributed by atoms with Gasteiger partial charge in [0.1, 0.15) is 16.6 Å². The zero-order chi connectivity index (χ0) is 12.3. The Morgan fingerprint density at radius 1 is 1.65 bits per heavy atom. The Labute approximate surface area is 109 Å². The second-order valence-corrected chi connectivity index (χ2v) is 4.64. The van der Waals surface area contributed by atoms with E-state index in [0.717, 1.165) is 36.4 Å². The number of nitrogens with zero attached hydrogens (tertiary/aromatic N) is 3. The van der Waals surface area contributed by atoms with Gasteiger partial charge in [-0.15, -0.1) is 0 Å². The van der Waals surface area contributed by atoms with Gasteiger partial charge >= 0.3 is 0 Å². The standard InChI is InChI=1S/C10H16BrN5O/c1-2-7-5-16(3-4-17-7)10-8(11)9(15-12)13-6-14-10/h6-7H,2-5,12H2,1H3,(H,13,14,15). The number of hydrogen-bond donors (Lipinski definition) is 2. The van der Waals surface area contributed by atoms with E-state index in [0.29, 0.717) is 5.82 Å². The summed E-state index contributed by atoms with van der Waals surface area (Å²) in [4.78, 5) is 10.5. The molecule has 1 aliphatic heterocycles. The predicted octanol–water partition coefficient (Wildman–Crippen LogP) is 1.14. The molecule has 17 heavy (non-hydrogen) atoms. The van der Waals surface area contributed by atoms with Crippen molar-refractivity contribution in [2.75, 3.05) is 30.0 Å². The molecule has 0 amide bonds. The molecule has 0 aliphatic carbocycles. The van der Waals surface area contributed by atoms with Crippen LogP contribution in [0.3, 0.4) is 0 Å². The van der Waals surface area contributed by atoms with Crippen LogP contribution >= 0.6 is 15.9 Å². The molecular weight excluding hydrogens is 286 g/mol. The van der Waals surface area contributed by atoms with Gasteiger partial charge in [0.25, 0.3) is 0 Å². The molecule has 0 saturated carbocycles. The predicted molar refractivity (Wildman–Crippen MR) is 69.8 cm³/mol. The number of nitrogen functional groups attached to an aromatic ring is 1. The van der Waals surface area contributed by atoms with Crippen molar-refractivity contribution >= 4 is 27.6 Å². The molecule has 1 aliphatic rings. The highest BCUT2D eigenvalue weighted by molar-refractivity contribution is 9.10. The number of hydrazine groups is 1. The van der Waals surface area contributed by atoms with Gasteiger partial charge in [-0.2, -0.15) is 0 Å². The van der Waals surface area contributed by atoms with Crippen LogP contribution in [0.1, 0.15) is 13.3 Å². The van der Waals surface area contributed by atoms with Gasteiger partial charge in [-0.1, -0.05) is 6.92 Å². The number of nitrogens with two attached hydrogens (primary N) is 1. The van der Waals surface area contributed by atoms with Crippen LogP contribution in [-0.2, 0) is 4.74 Å². The van der Waals surface area contributed by atoms with Crippen LogP contribution in [0.4, 0.5) is 11.6 Å². The Morgan fingerprint density at radius 3 is 3.18 bits per heavy atom. The number of anilines is 2. The zero-order valence-corrected chi connectivity index (χ0v) is 11.3. The molecule has 2 rings (SSSR count). The fourth-order valence-corrected chi connectivity index (χ4v) is 2.41. The normalized spacial score (nSPS) is 20.4. The second-order valence-electron chi connectivity index (χ2n) is 3.85. The van der Waals surface area contributed by atoms with Crippen molar-refractivity contribution in [3.05, 3.63) is 10.8 Å². The van der Waals surface area contributed by atoms with E-state index >= 15 is 0 Å². The lowest BCUT2D eigenvalue weighted by molar-refractivity contribution is 0.0381. The molecule has 1 aromatic heterocycles. The van der Waals surface area contributed by atoms with Crippen LogP contribution < -0.4 is 16.2 Å². The van der Waals surface area contributed by atoms with Crippen molar-refractivity contribution in [1.29, 1.82) is 0 Å². The van der Waals surface area contributed by atoms with E-state index in [1.54, 1.807) is 0 Å². The van der Waals surface area contributed by atoms with Gasteiger partial charge in [0.2, 0.25) is 0 Å². The van der Waals surface area contributed by atoms with E-state index in [2.05, 4.69) is 43.1 Å².